The molecule has 1 aromatic carbocycles. The molecule has 0 saturated carbocycles. The lowest BCUT2D eigenvalue weighted by Gasteiger charge is -2.12. The van der Waals surface area contributed by atoms with Gasteiger partial charge in [0.05, 0.1) is 11.3 Å². The van der Waals surface area contributed by atoms with Crippen LogP contribution in [0.4, 0.5) is 18.3 Å². The minimum Gasteiger partial charge on any atom is -0.257 e. The Hall–Kier alpha value is -1.68. The van der Waals surface area contributed by atoms with Crippen LogP contribution in [-0.4, -0.2) is 18.6 Å². The summed E-state index contributed by atoms with van der Waals surface area (Å²) in [7, 11) is -4.00. The van der Waals surface area contributed by atoms with E-state index in [1.807, 2.05) is 0 Å². The van der Waals surface area contributed by atoms with Gasteiger partial charge in [-0.1, -0.05) is 29.5 Å². The van der Waals surface area contributed by atoms with Crippen LogP contribution in [-0.2, 0) is 22.0 Å². The van der Waals surface area contributed by atoms with E-state index in [0.717, 1.165) is 23.5 Å². The molecule has 114 valence electrons. The van der Waals surface area contributed by atoms with Crippen molar-refractivity contribution in [2.45, 2.75) is 18.9 Å². The molecule has 0 radical (unpaired) electrons. The first kappa shape index (κ1) is 15.7. The summed E-state index contributed by atoms with van der Waals surface area (Å²) in [5, 5.41) is 7.77. The van der Waals surface area contributed by atoms with Gasteiger partial charge in [-0.05, 0) is 18.6 Å². The Balaban J connectivity index is 2.25. The Morgan fingerprint density at radius 1 is 1.24 bits per heavy atom. The molecule has 2 aromatic rings. The van der Waals surface area contributed by atoms with Gasteiger partial charge < -0.3 is 0 Å². The molecule has 1 heterocycles. The largest absolute Gasteiger partial charge is 0.416 e. The predicted molar refractivity (Wildman–Crippen MR) is 72.3 cm³/mol. The van der Waals surface area contributed by atoms with Crippen LogP contribution in [0.5, 0.6) is 0 Å². The van der Waals surface area contributed by atoms with E-state index >= 15 is 0 Å². The second-order valence-electron chi connectivity index (χ2n) is 4.14. The third-order valence-corrected chi connectivity index (χ3v) is 4.52. The van der Waals surface area contributed by atoms with E-state index < -0.39 is 27.5 Å². The minimum atomic E-state index is -4.61. The van der Waals surface area contributed by atoms with Gasteiger partial charge in [-0.2, -0.15) is 13.2 Å². The summed E-state index contributed by atoms with van der Waals surface area (Å²) >= 11 is 1.00. The van der Waals surface area contributed by atoms with Gasteiger partial charge in [0, 0.05) is 0 Å². The zero-order valence-electron chi connectivity index (χ0n) is 10.7. The Kier molecular flexibility index (Phi) is 4.19. The molecule has 0 fully saturated rings. The van der Waals surface area contributed by atoms with Crippen LogP contribution in [0.1, 0.15) is 16.1 Å². The average molecular weight is 337 g/mol. The zero-order chi connectivity index (χ0) is 15.7. The fourth-order valence-electron chi connectivity index (χ4n) is 1.63. The smallest absolute Gasteiger partial charge is 0.257 e. The summed E-state index contributed by atoms with van der Waals surface area (Å²) in [4.78, 5) is 0. The van der Waals surface area contributed by atoms with Crippen molar-refractivity contribution in [3.05, 3.63) is 40.4 Å². The fourth-order valence-corrected chi connectivity index (χ4v) is 3.67. The highest BCUT2D eigenvalue weighted by Crippen LogP contribution is 2.32. The van der Waals surface area contributed by atoms with E-state index in [-0.39, 0.29) is 10.7 Å². The Bertz CT molecular complexity index is 741. The molecule has 10 heteroatoms. The van der Waals surface area contributed by atoms with Gasteiger partial charge in [0.25, 0.3) is 0 Å². The van der Waals surface area contributed by atoms with Crippen molar-refractivity contribution in [1.82, 2.24) is 10.2 Å². The lowest BCUT2D eigenvalue weighted by molar-refractivity contribution is -0.138. The first-order valence-electron chi connectivity index (χ1n) is 5.63. The molecule has 1 aromatic heterocycles. The van der Waals surface area contributed by atoms with Crippen molar-refractivity contribution in [1.29, 1.82) is 0 Å². The van der Waals surface area contributed by atoms with Crippen LogP contribution in [0.3, 0.4) is 0 Å². The molecule has 5 nitrogen and oxygen atoms in total. The summed E-state index contributed by atoms with van der Waals surface area (Å²) in [6.07, 6.45) is -4.61. The van der Waals surface area contributed by atoms with Crippen LogP contribution in [0, 0.1) is 6.92 Å². The summed E-state index contributed by atoms with van der Waals surface area (Å²) in [5.74, 6) is -0.790. The Labute approximate surface area is 122 Å². The van der Waals surface area contributed by atoms with E-state index in [0.29, 0.717) is 5.01 Å². The Morgan fingerprint density at radius 3 is 2.48 bits per heavy atom. The number of anilines is 1. The van der Waals surface area contributed by atoms with Crippen LogP contribution >= 0.6 is 11.3 Å². The van der Waals surface area contributed by atoms with Gasteiger partial charge in [-0.25, -0.2) is 8.42 Å². The van der Waals surface area contributed by atoms with Gasteiger partial charge in [-0.15, -0.1) is 10.2 Å². The number of nitrogens with one attached hydrogen (secondary N) is 1. The standard InChI is InChI=1S/C11H10F3N3O2S2/c1-7-15-16-10(20-7)17-21(18,19)6-8-4-2-3-5-9(8)11(12,13)14/h2-5H,6H2,1H3,(H,16,17). The molecule has 21 heavy (non-hydrogen) atoms. The summed E-state index contributed by atoms with van der Waals surface area (Å²) < 4.78 is 64.4. The average Bonchev–Trinajstić information content (AvgIpc) is 2.72. The summed E-state index contributed by atoms with van der Waals surface area (Å²) in [5.41, 5.74) is -1.29. The number of benzene rings is 1. The normalized spacial score (nSPS) is 12.4. The van der Waals surface area contributed by atoms with Crippen molar-refractivity contribution in [3.63, 3.8) is 0 Å². The molecule has 0 aliphatic heterocycles. The number of nitrogens with zero attached hydrogens (tertiary/aromatic N) is 2. The number of aromatic nitrogens is 2. The number of halogens is 3. The van der Waals surface area contributed by atoms with Crippen LogP contribution in [0.25, 0.3) is 0 Å². The van der Waals surface area contributed by atoms with Crippen molar-refractivity contribution in [3.8, 4) is 0 Å². The van der Waals surface area contributed by atoms with Gasteiger partial charge in [0.2, 0.25) is 15.2 Å². The monoisotopic (exact) mass is 337 g/mol. The lowest BCUT2D eigenvalue weighted by Crippen LogP contribution is -2.18. The summed E-state index contributed by atoms with van der Waals surface area (Å²) in [6, 6.07) is 4.54. The second kappa shape index (κ2) is 5.60. The minimum absolute atomic E-state index is 0.0250. The van der Waals surface area contributed by atoms with Gasteiger partial charge in [0.15, 0.2) is 0 Å². The van der Waals surface area contributed by atoms with Crippen molar-refractivity contribution in [2.75, 3.05) is 4.72 Å². The first-order chi connectivity index (χ1) is 9.67. The van der Waals surface area contributed by atoms with Crippen LogP contribution in [0.15, 0.2) is 24.3 Å². The molecule has 0 saturated heterocycles. The highest BCUT2D eigenvalue weighted by Gasteiger charge is 2.34. The topological polar surface area (TPSA) is 72.0 Å². The fraction of sp³-hybridized carbons (Fsp3) is 0.273. The molecule has 0 amide bonds. The van der Waals surface area contributed by atoms with Crippen molar-refractivity contribution < 1.29 is 21.6 Å². The van der Waals surface area contributed by atoms with Crippen molar-refractivity contribution in [2.24, 2.45) is 0 Å². The van der Waals surface area contributed by atoms with Crippen molar-refractivity contribution >= 4 is 26.5 Å². The lowest BCUT2D eigenvalue weighted by atomic mass is 10.1. The number of rotatable bonds is 4. The molecule has 0 spiro atoms. The molecule has 0 bridgehead atoms. The SMILES string of the molecule is Cc1nnc(NS(=O)(=O)Cc2ccccc2C(F)(F)F)s1. The molecular formula is C11H10F3N3O2S2. The number of aryl methyl sites for hydroxylation is 1. The maximum Gasteiger partial charge on any atom is 0.416 e. The molecule has 0 atom stereocenters. The van der Waals surface area contributed by atoms with Gasteiger partial charge in [0.1, 0.15) is 5.01 Å². The highest BCUT2D eigenvalue weighted by molar-refractivity contribution is 7.92. The molecule has 0 unspecified atom stereocenters. The summed E-state index contributed by atoms with van der Waals surface area (Å²) in [6.45, 7) is 1.63. The van der Waals surface area contributed by atoms with Gasteiger partial charge in [-0.3, -0.25) is 4.72 Å². The maximum atomic E-state index is 12.8. The van der Waals surface area contributed by atoms with E-state index in [4.69, 9.17) is 0 Å². The van der Waals surface area contributed by atoms with E-state index in [2.05, 4.69) is 14.9 Å². The third kappa shape index (κ3) is 4.14. The maximum absolute atomic E-state index is 12.8. The second-order valence-corrected chi connectivity index (χ2v) is 7.05. The number of sulfonamides is 1. The molecule has 0 aliphatic rings. The quantitative estimate of drug-likeness (QED) is 0.931. The number of hydrogen-bond acceptors (Lipinski definition) is 5. The number of hydrogen-bond donors (Lipinski definition) is 1. The molecule has 1 N–H and O–H groups in total. The third-order valence-electron chi connectivity index (χ3n) is 2.44. The van der Waals surface area contributed by atoms with E-state index in [1.54, 1.807) is 6.92 Å². The molecular weight excluding hydrogens is 327 g/mol. The van der Waals surface area contributed by atoms with E-state index in [9.17, 15) is 21.6 Å². The van der Waals surface area contributed by atoms with Crippen LogP contribution < -0.4 is 4.72 Å². The predicted octanol–water partition coefficient (Wildman–Crippen LogP) is 2.81. The zero-order valence-corrected chi connectivity index (χ0v) is 12.3. The number of alkyl halides is 3. The molecule has 0 aliphatic carbocycles. The van der Waals surface area contributed by atoms with Crippen LogP contribution in [0.2, 0.25) is 0 Å². The van der Waals surface area contributed by atoms with E-state index in [1.165, 1.54) is 12.1 Å². The first-order valence-corrected chi connectivity index (χ1v) is 8.10. The highest BCUT2D eigenvalue weighted by atomic mass is 32.2. The Morgan fingerprint density at radius 2 is 1.90 bits per heavy atom. The van der Waals surface area contributed by atoms with Gasteiger partial charge >= 0.3 is 6.18 Å². The molecule has 2 rings (SSSR count).